The lowest BCUT2D eigenvalue weighted by Gasteiger charge is -2.23. The lowest BCUT2D eigenvalue weighted by molar-refractivity contribution is -0.129. The van der Waals surface area contributed by atoms with Gasteiger partial charge < -0.3 is 14.5 Å². The molecule has 0 saturated heterocycles. The van der Waals surface area contributed by atoms with Crippen molar-refractivity contribution in [3.8, 4) is 0 Å². The molecular formula is C12H17ClN4O3. The van der Waals surface area contributed by atoms with Crippen LogP contribution in [0.2, 0.25) is 5.15 Å². The van der Waals surface area contributed by atoms with Crippen LogP contribution in [-0.2, 0) is 9.53 Å². The number of nitrogens with zero attached hydrogens (tertiary/aromatic N) is 4. The summed E-state index contributed by atoms with van der Waals surface area (Å²) in [5.41, 5.74) is 0.0974. The van der Waals surface area contributed by atoms with Crippen LogP contribution in [0.1, 0.15) is 10.5 Å². The third-order valence-electron chi connectivity index (χ3n) is 2.50. The highest BCUT2D eigenvalue weighted by molar-refractivity contribution is 6.29. The SMILES string of the molecule is COCCN(CC(=O)N(C)C)C(=O)c1cncc(Cl)n1. The van der Waals surface area contributed by atoms with Gasteiger partial charge in [0.1, 0.15) is 17.4 Å². The fourth-order valence-corrected chi connectivity index (χ4v) is 1.51. The van der Waals surface area contributed by atoms with Gasteiger partial charge in [-0.05, 0) is 0 Å². The Morgan fingerprint density at radius 3 is 2.60 bits per heavy atom. The lowest BCUT2D eigenvalue weighted by Crippen LogP contribution is -2.42. The third-order valence-corrected chi connectivity index (χ3v) is 2.68. The van der Waals surface area contributed by atoms with Crippen molar-refractivity contribution in [2.75, 3.05) is 40.9 Å². The number of methoxy groups -OCH3 is 1. The number of hydrogen-bond donors (Lipinski definition) is 0. The van der Waals surface area contributed by atoms with Crippen LogP contribution in [0.5, 0.6) is 0 Å². The summed E-state index contributed by atoms with van der Waals surface area (Å²) in [5.74, 6) is -0.600. The van der Waals surface area contributed by atoms with Gasteiger partial charge in [-0.1, -0.05) is 11.6 Å². The van der Waals surface area contributed by atoms with E-state index in [0.717, 1.165) is 0 Å². The summed E-state index contributed by atoms with van der Waals surface area (Å²) in [6.07, 6.45) is 2.65. The fourth-order valence-electron chi connectivity index (χ4n) is 1.37. The zero-order valence-electron chi connectivity index (χ0n) is 11.7. The molecule has 0 bridgehead atoms. The van der Waals surface area contributed by atoms with Crippen LogP contribution in [0.4, 0.5) is 0 Å². The molecule has 0 unspecified atom stereocenters. The first-order chi connectivity index (χ1) is 9.45. The highest BCUT2D eigenvalue weighted by Crippen LogP contribution is 2.06. The second-order valence-corrected chi connectivity index (χ2v) is 4.62. The lowest BCUT2D eigenvalue weighted by atomic mass is 10.3. The van der Waals surface area contributed by atoms with E-state index in [1.54, 1.807) is 14.1 Å². The smallest absolute Gasteiger partial charge is 0.274 e. The van der Waals surface area contributed by atoms with Gasteiger partial charge >= 0.3 is 0 Å². The average Bonchev–Trinajstić information content (AvgIpc) is 2.42. The minimum absolute atomic E-state index is 0.0522. The molecule has 0 saturated carbocycles. The number of rotatable bonds is 6. The van der Waals surface area contributed by atoms with E-state index < -0.39 is 5.91 Å². The molecular weight excluding hydrogens is 284 g/mol. The monoisotopic (exact) mass is 300 g/mol. The van der Waals surface area contributed by atoms with Crippen molar-refractivity contribution in [1.29, 1.82) is 0 Å². The first-order valence-electron chi connectivity index (χ1n) is 5.91. The Kier molecular flexibility index (Phi) is 6.33. The molecule has 0 aliphatic rings. The van der Waals surface area contributed by atoms with E-state index in [2.05, 4.69) is 9.97 Å². The van der Waals surface area contributed by atoms with Crippen LogP contribution in [-0.4, -0.2) is 72.5 Å². The van der Waals surface area contributed by atoms with Gasteiger partial charge in [0.05, 0.1) is 19.0 Å². The normalized spacial score (nSPS) is 10.2. The maximum atomic E-state index is 12.3. The predicted molar refractivity (Wildman–Crippen MR) is 73.5 cm³/mol. The summed E-state index contributed by atoms with van der Waals surface area (Å²) in [6.45, 7) is 0.549. The Morgan fingerprint density at radius 2 is 2.05 bits per heavy atom. The third kappa shape index (κ3) is 4.75. The molecule has 0 atom stereocenters. The molecule has 0 aliphatic carbocycles. The Balaban J connectivity index is 2.86. The molecule has 0 N–H and O–H groups in total. The molecule has 1 heterocycles. The van der Waals surface area contributed by atoms with Gasteiger partial charge in [-0.25, -0.2) is 4.98 Å². The number of hydrogen-bond acceptors (Lipinski definition) is 5. The topological polar surface area (TPSA) is 75.6 Å². The molecule has 8 heteroatoms. The van der Waals surface area contributed by atoms with E-state index in [-0.39, 0.29) is 29.8 Å². The van der Waals surface area contributed by atoms with E-state index in [0.29, 0.717) is 6.61 Å². The minimum Gasteiger partial charge on any atom is -0.383 e. The zero-order chi connectivity index (χ0) is 15.1. The maximum Gasteiger partial charge on any atom is 0.274 e. The molecule has 1 aromatic rings. The van der Waals surface area contributed by atoms with E-state index in [1.165, 1.54) is 29.3 Å². The van der Waals surface area contributed by atoms with Crippen LogP contribution in [0, 0.1) is 0 Å². The Labute approximate surface area is 122 Å². The molecule has 1 aromatic heterocycles. The number of aromatic nitrogens is 2. The summed E-state index contributed by atoms with van der Waals surface area (Å²) in [5, 5.41) is 0.126. The van der Waals surface area contributed by atoms with E-state index in [9.17, 15) is 9.59 Å². The van der Waals surface area contributed by atoms with Gasteiger partial charge in [-0.15, -0.1) is 0 Å². The van der Waals surface area contributed by atoms with Crippen LogP contribution >= 0.6 is 11.6 Å². The predicted octanol–water partition coefficient (Wildman–Crippen LogP) is 0.307. The quantitative estimate of drug-likeness (QED) is 0.755. The van der Waals surface area contributed by atoms with Gasteiger partial charge in [-0.3, -0.25) is 14.6 Å². The number of carbonyl (C=O) groups is 2. The van der Waals surface area contributed by atoms with Crippen molar-refractivity contribution < 1.29 is 14.3 Å². The maximum absolute atomic E-state index is 12.3. The van der Waals surface area contributed by atoms with Crippen molar-refractivity contribution >= 4 is 23.4 Å². The molecule has 0 aliphatic heterocycles. The highest BCUT2D eigenvalue weighted by atomic mass is 35.5. The first-order valence-corrected chi connectivity index (χ1v) is 6.29. The molecule has 7 nitrogen and oxygen atoms in total. The van der Waals surface area contributed by atoms with Crippen molar-refractivity contribution in [3.05, 3.63) is 23.2 Å². The molecule has 110 valence electrons. The van der Waals surface area contributed by atoms with Gasteiger partial charge in [0.2, 0.25) is 5.91 Å². The summed E-state index contributed by atoms with van der Waals surface area (Å²) < 4.78 is 4.94. The summed E-state index contributed by atoms with van der Waals surface area (Å²) >= 11 is 5.71. The van der Waals surface area contributed by atoms with Crippen LogP contribution < -0.4 is 0 Å². The van der Waals surface area contributed by atoms with E-state index in [4.69, 9.17) is 16.3 Å². The zero-order valence-corrected chi connectivity index (χ0v) is 12.4. The second-order valence-electron chi connectivity index (χ2n) is 4.23. The molecule has 1 rings (SSSR count). The van der Waals surface area contributed by atoms with Crippen molar-refractivity contribution in [2.24, 2.45) is 0 Å². The number of likely N-dealkylation sites (N-methyl/N-ethyl adjacent to an activating group) is 1. The van der Waals surface area contributed by atoms with Gasteiger partial charge in [0, 0.05) is 27.7 Å². The average molecular weight is 301 g/mol. The molecule has 0 spiro atoms. The molecule has 20 heavy (non-hydrogen) atoms. The van der Waals surface area contributed by atoms with E-state index in [1.807, 2.05) is 0 Å². The van der Waals surface area contributed by atoms with Crippen molar-refractivity contribution in [1.82, 2.24) is 19.8 Å². The molecule has 0 aromatic carbocycles. The van der Waals surface area contributed by atoms with Crippen molar-refractivity contribution in [2.45, 2.75) is 0 Å². The van der Waals surface area contributed by atoms with Crippen molar-refractivity contribution in [3.63, 3.8) is 0 Å². The second kappa shape index (κ2) is 7.76. The standard InChI is InChI=1S/C12H17ClN4O3/c1-16(2)11(18)8-17(4-5-20-3)12(19)9-6-14-7-10(13)15-9/h6-7H,4-5,8H2,1-3H3. The van der Waals surface area contributed by atoms with Gasteiger partial charge in [-0.2, -0.15) is 0 Å². The Bertz CT molecular complexity index is 482. The highest BCUT2D eigenvalue weighted by Gasteiger charge is 2.21. The van der Waals surface area contributed by atoms with Crippen LogP contribution in [0.15, 0.2) is 12.4 Å². The van der Waals surface area contributed by atoms with Crippen LogP contribution in [0.3, 0.4) is 0 Å². The molecule has 0 fully saturated rings. The largest absolute Gasteiger partial charge is 0.383 e. The van der Waals surface area contributed by atoms with Gasteiger partial charge in [0.25, 0.3) is 5.91 Å². The fraction of sp³-hybridized carbons (Fsp3) is 0.500. The Hall–Kier alpha value is -1.73. The number of ether oxygens (including phenoxy) is 1. The first kappa shape index (κ1) is 16.3. The number of halogens is 1. The molecule has 0 radical (unpaired) electrons. The summed E-state index contributed by atoms with van der Waals surface area (Å²) in [4.78, 5) is 34.5. The van der Waals surface area contributed by atoms with Gasteiger partial charge in [0.15, 0.2) is 0 Å². The number of amides is 2. The Morgan fingerprint density at radius 1 is 1.35 bits per heavy atom. The summed E-state index contributed by atoms with van der Waals surface area (Å²) in [6, 6.07) is 0. The minimum atomic E-state index is -0.410. The molecule has 2 amide bonds. The van der Waals surface area contributed by atoms with Crippen LogP contribution in [0.25, 0.3) is 0 Å². The van der Waals surface area contributed by atoms with E-state index >= 15 is 0 Å². The summed E-state index contributed by atoms with van der Waals surface area (Å²) in [7, 11) is 4.77. The number of carbonyl (C=O) groups excluding carboxylic acids is 2.